The lowest BCUT2D eigenvalue weighted by molar-refractivity contribution is 0.603. The molecule has 0 aromatic carbocycles. The zero-order valence-electron chi connectivity index (χ0n) is 9.93. The number of allylic oxidation sites excluding steroid dienone is 1. The summed E-state index contributed by atoms with van der Waals surface area (Å²) in [4.78, 5) is 4.49. The van der Waals surface area contributed by atoms with Gasteiger partial charge in [-0.2, -0.15) is 5.10 Å². The van der Waals surface area contributed by atoms with E-state index in [-0.39, 0.29) is 0 Å². The third kappa shape index (κ3) is 1.88. The molecule has 0 atom stereocenters. The highest BCUT2D eigenvalue weighted by atomic mass is 15.3. The fourth-order valence-electron chi connectivity index (χ4n) is 2.14. The third-order valence-corrected chi connectivity index (χ3v) is 3.03. The van der Waals surface area contributed by atoms with E-state index in [2.05, 4.69) is 41.4 Å². The van der Waals surface area contributed by atoms with Crippen LogP contribution in [0.4, 0.5) is 0 Å². The first-order valence-corrected chi connectivity index (χ1v) is 6.05. The van der Waals surface area contributed by atoms with Crippen LogP contribution >= 0.6 is 0 Å². The summed E-state index contributed by atoms with van der Waals surface area (Å²) in [7, 11) is 0. The number of rotatable bonds is 3. The average molecular weight is 225 g/mol. The second-order valence-corrected chi connectivity index (χ2v) is 4.36. The molecule has 0 amide bonds. The van der Waals surface area contributed by atoms with E-state index < -0.39 is 0 Å². The van der Waals surface area contributed by atoms with Crippen LogP contribution in [0.25, 0.3) is 17.2 Å². The Hall–Kier alpha value is -1.90. The molecule has 1 aliphatic carbocycles. The first-order chi connectivity index (χ1) is 8.36. The van der Waals surface area contributed by atoms with Crippen molar-refractivity contribution in [1.82, 2.24) is 14.8 Å². The first-order valence-electron chi connectivity index (χ1n) is 6.05. The lowest BCUT2D eigenvalue weighted by Crippen LogP contribution is -1.95. The molecule has 0 N–H and O–H groups in total. The minimum atomic E-state index is 0.963. The molecule has 3 rings (SSSR count). The Labute approximate surface area is 101 Å². The lowest BCUT2D eigenvalue weighted by Gasteiger charge is -2.01. The predicted octanol–water partition coefficient (Wildman–Crippen LogP) is 2.92. The molecule has 2 aromatic rings. The molecular formula is C14H15N3. The summed E-state index contributed by atoms with van der Waals surface area (Å²) >= 11 is 0. The second kappa shape index (κ2) is 4.17. The lowest BCUT2D eigenvalue weighted by atomic mass is 10.1. The van der Waals surface area contributed by atoms with Gasteiger partial charge >= 0.3 is 0 Å². The molecule has 2 heterocycles. The Morgan fingerprint density at radius 2 is 2.24 bits per heavy atom. The number of hydrogen-bond donors (Lipinski definition) is 0. The van der Waals surface area contributed by atoms with Gasteiger partial charge in [-0.25, -0.2) is 0 Å². The molecule has 0 unspecified atom stereocenters. The standard InChI is InChI=1S/C14H15N3/c1-2-6-17-10-13(9-16-17)12-7-11-4-3-5-14(11)15-8-12/h3-4,7-10H,2,5-6H2,1H3. The molecule has 2 aromatic heterocycles. The van der Waals surface area contributed by atoms with Gasteiger partial charge in [0.2, 0.25) is 0 Å². The maximum absolute atomic E-state index is 4.49. The predicted molar refractivity (Wildman–Crippen MR) is 68.5 cm³/mol. The molecule has 0 aliphatic heterocycles. The summed E-state index contributed by atoms with van der Waals surface area (Å²) in [6.07, 6.45) is 12.3. The Balaban J connectivity index is 1.94. The second-order valence-electron chi connectivity index (χ2n) is 4.36. The number of nitrogens with zero attached hydrogens (tertiary/aromatic N) is 3. The van der Waals surface area contributed by atoms with Crippen LogP contribution in [0.1, 0.15) is 24.6 Å². The molecule has 0 saturated carbocycles. The van der Waals surface area contributed by atoms with Crippen molar-refractivity contribution in [2.24, 2.45) is 0 Å². The normalized spacial score (nSPS) is 13.0. The van der Waals surface area contributed by atoms with E-state index >= 15 is 0 Å². The Morgan fingerprint density at radius 1 is 1.29 bits per heavy atom. The van der Waals surface area contributed by atoms with Crippen molar-refractivity contribution in [2.75, 3.05) is 0 Å². The van der Waals surface area contributed by atoms with Gasteiger partial charge in [0.1, 0.15) is 0 Å². The SMILES string of the molecule is CCCn1cc(-c2cnc3c(c2)C=CC3)cn1. The van der Waals surface area contributed by atoms with Crippen LogP contribution in [0.5, 0.6) is 0 Å². The Morgan fingerprint density at radius 3 is 3.12 bits per heavy atom. The number of fused-ring (bicyclic) bond motifs is 1. The van der Waals surface area contributed by atoms with Crippen molar-refractivity contribution < 1.29 is 0 Å². The summed E-state index contributed by atoms with van der Waals surface area (Å²) in [5, 5.41) is 4.35. The monoisotopic (exact) mass is 225 g/mol. The van der Waals surface area contributed by atoms with Crippen molar-refractivity contribution in [3.8, 4) is 11.1 Å². The Kier molecular flexibility index (Phi) is 2.52. The summed E-state index contributed by atoms with van der Waals surface area (Å²) in [5.41, 5.74) is 4.71. The van der Waals surface area contributed by atoms with E-state index in [0.29, 0.717) is 0 Å². The van der Waals surface area contributed by atoms with E-state index in [4.69, 9.17) is 0 Å². The molecule has 0 fully saturated rings. The van der Waals surface area contributed by atoms with Crippen LogP contribution in [0.15, 0.2) is 30.7 Å². The van der Waals surface area contributed by atoms with Gasteiger partial charge in [-0.1, -0.05) is 19.1 Å². The minimum Gasteiger partial charge on any atom is -0.272 e. The van der Waals surface area contributed by atoms with Crippen LogP contribution in [-0.2, 0) is 13.0 Å². The van der Waals surface area contributed by atoms with Gasteiger partial charge in [-0.15, -0.1) is 0 Å². The minimum absolute atomic E-state index is 0.963. The van der Waals surface area contributed by atoms with Crippen molar-refractivity contribution in [1.29, 1.82) is 0 Å². The van der Waals surface area contributed by atoms with Crippen molar-refractivity contribution >= 4 is 6.08 Å². The summed E-state index contributed by atoms with van der Waals surface area (Å²) < 4.78 is 1.98. The molecular weight excluding hydrogens is 210 g/mol. The van der Waals surface area contributed by atoms with Crippen LogP contribution in [0.3, 0.4) is 0 Å². The molecule has 86 valence electrons. The fraction of sp³-hybridized carbons (Fsp3) is 0.286. The number of aryl methyl sites for hydroxylation is 1. The molecule has 0 bridgehead atoms. The molecule has 17 heavy (non-hydrogen) atoms. The van der Waals surface area contributed by atoms with Crippen molar-refractivity contribution in [2.45, 2.75) is 26.3 Å². The molecule has 3 heteroatoms. The smallest absolute Gasteiger partial charge is 0.0568 e. The highest BCUT2D eigenvalue weighted by Gasteiger charge is 2.09. The highest BCUT2D eigenvalue weighted by Crippen LogP contribution is 2.24. The van der Waals surface area contributed by atoms with Gasteiger partial charge in [0, 0.05) is 36.5 Å². The molecule has 0 spiro atoms. The Bertz CT molecular complexity index is 567. The summed E-state index contributed by atoms with van der Waals surface area (Å²) in [5.74, 6) is 0. The van der Waals surface area contributed by atoms with Gasteiger partial charge in [0.25, 0.3) is 0 Å². The summed E-state index contributed by atoms with van der Waals surface area (Å²) in [6, 6.07) is 2.19. The first kappa shape index (κ1) is 10.3. The molecule has 0 radical (unpaired) electrons. The molecule has 1 aliphatic rings. The van der Waals surface area contributed by atoms with E-state index in [9.17, 15) is 0 Å². The zero-order valence-corrected chi connectivity index (χ0v) is 9.93. The van der Waals surface area contributed by atoms with Gasteiger partial charge in [-0.05, 0) is 18.1 Å². The fourth-order valence-corrected chi connectivity index (χ4v) is 2.14. The summed E-state index contributed by atoms with van der Waals surface area (Å²) in [6.45, 7) is 3.13. The van der Waals surface area contributed by atoms with Crippen molar-refractivity contribution in [3.63, 3.8) is 0 Å². The number of hydrogen-bond acceptors (Lipinski definition) is 2. The average Bonchev–Trinajstić information content (AvgIpc) is 2.96. The van der Waals surface area contributed by atoms with Gasteiger partial charge in [-0.3, -0.25) is 9.67 Å². The van der Waals surface area contributed by atoms with E-state index in [0.717, 1.165) is 30.5 Å². The van der Waals surface area contributed by atoms with Crippen molar-refractivity contribution in [3.05, 3.63) is 42.0 Å². The number of pyridine rings is 1. The van der Waals surface area contributed by atoms with Crippen LogP contribution in [0, 0.1) is 0 Å². The van der Waals surface area contributed by atoms with Gasteiger partial charge in [0.05, 0.1) is 11.9 Å². The van der Waals surface area contributed by atoms with Crippen LogP contribution in [-0.4, -0.2) is 14.8 Å². The van der Waals surface area contributed by atoms with Crippen LogP contribution < -0.4 is 0 Å². The van der Waals surface area contributed by atoms with Gasteiger partial charge < -0.3 is 0 Å². The topological polar surface area (TPSA) is 30.7 Å². The van der Waals surface area contributed by atoms with E-state index in [1.165, 1.54) is 11.3 Å². The third-order valence-electron chi connectivity index (χ3n) is 3.03. The van der Waals surface area contributed by atoms with E-state index in [1.807, 2.05) is 17.1 Å². The quantitative estimate of drug-likeness (QED) is 0.804. The largest absolute Gasteiger partial charge is 0.272 e. The van der Waals surface area contributed by atoms with E-state index in [1.54, 1.807) is 0 Å². The zero-order chi connectivity index (χ0) is 11.7. The van der Waals surface area contributed by atoms with Crippen LogP contribution in [0.2, 0.25) is 0 Å². The molecule has 3 nitrogen and oxygen atoms in total. The molecule has 0 saturated heterocycles. The maximum atomic E-state index is 4.49. The van der Waals surface area contributed by atoms with Gasteiger partial charge in [0.15, 0.2) is 0 Å². The highest BCUT2D eigenvalue weighted by molar-refractivity contribution is 5.68. The number of aromatic nitrogens is 3. The maximum Gasteiger partial charge on any atom is 0.0568 e.